The van der Waals surface area contributed by atoms with E-state index in [1.807, 2.05) is 0 Å². The summed E-state index contributed by atoms with van der Waals surface area (Å²) in [4.78, 5) is 0. The third-order valence-corrected chi connectivity index (χ3v) is 11.1. The number of ether oxygens (including phenoxy) is 2. The van der Waals surface area contributed by atoms with Crippen LogP contribution in [0.3, 0.4) is 0 Å². The minimum Gasteiger partial charge on any atom is -0.496 e. The number of rotatable bonds is 5. The second kappa shape index (κ2) is 11.2. The maximum absolute atomic E-state index is 6.23. The van der Waals surface area contributed by atoms with Crippen molar-refractivity contribution in [3.8, 4) is 44.9 Å². The number of hydrogen-bond acceptors (Lipinski definition) is 2. The molecule has 2 unspecified atom stereocenters. The molecule has 8 aromatic rings. The van der Waals surface area contributed by atoms with E-state index in [1.165, 1.54) is 66.4 Å². The number of fused-ring (bicyclic) bond motifs is 10. The lowest BCUT2D eigenvalue weighted by atomic mass is 9.83. The topological polar surface area (TPSA) is 18.5 Å². The Balaban J connectivity index is 1.28. The van der Waals surface area contributed by atoms with Crippen LogP contribution in [0.5, 0.6) is 11.5 Å². The van der Waals surface area contributed by atoms with E-state index in [-0.39, 0.29) is 11.8 Å². The molecular formula is C48H34O2. The smallest absolute Gasteiger partial charge is 0.127 e. The summed E-state index contributed by atoms with van der Waals surface area (Å²) < 4.78 is 12.5. The largest absolute Gasteiger partial charge is 0.496 e. The molecule has 10 rings (SSSR count). The monoisotopic (exact) mass is 642 g/mol. The molecule has 2 aliphatic carbocycles. The Morgan fingerprint density at radius 1 is 0.340 bits per heavy atom. The van der Waals surface area contributed by atoms with Gasteiger partial charge >= 0.3 is 0 Å². The molecule has 2 nitrogen and oxygen atoms in total. The van der Waals surface area contributed by atoms with Crippen LogP contribution in [0, 0.1) is 0 Å². The van der Waals surface area contributed by atoms with Crippen molar-refractivity contribution in [1.29, 1.82) is 0 Å². The second-order valence-electron chi connectivity index (χ2n) is 13.4. The summed E-state index contributed by atoms with van der Waals surface area (Å²) in [6.07, 6.45) is 0. The van der Waals surface area contributed by atoms with E-state index < -0.39 is 0 Å². The molecule has 0 saturated heterocycles. The van der Waals surface area contributed by atoms with Crippen molar-refractivity contribution in [3.05, 3.63) is 191 Å². The Morgan fingerprint density at radius 3 is 1.14 bits per heavy atom. The Morgan fingerprint density at radius 2 is 0.720 bits per heavy atom. The van der Waals surface area contributed by atoms with Gasteiger partial charge in [0.2, 0.25) is 0 Å². The number of methoxy groups -OCH3 is 2. The van der Waals surface area contributed by atoms with Crippen molar-refractivity contribution < 1.29 is 9.47 Å². The van der Waals surface area contributed by atoms with Crippen LogP contribution in [0.1, 0.15) is 45.2 Å². The maximum Gasteiger partial charge on any atom is 0.127 e. The molecule has 238 valence electrons. The van der Waals surface area contributed by atoms with Gasteiger partial charge in [-0.3, -0.25) is 0 Å². The van der Waals surface area contributed by atoms with Gasteiger partial charge in [-0.1, -0.05) is 146 Å². The molecule has 0 fully saturated rings. The van der Waals surface area contributed by atoms with Gasteiger partial charge in [0, 0.05) is 23.0 Å². The number of benzene rings is 8. The van der Waals surface area contributed by atoms with Crippen LogP contribution in [0.15, 0.2) is 158 Å². The molecule has 8 aromatic carbocycles. The summed E-state index contributed by atoms with van der Waals surface area (Å²) in [5.41, 5.74) is 15.3. The molecule has 0 bridgehead atoms. The summed E-state index contributed by atoms with van der Waals surface area (Å²) in [7, 11) is 3.55. The number of hydrogen-bond donors (Lipinski definition) is 0. The maximum atomic E-state index is 6.23. The summed E-state index contributed by atoms with van der Waals surface area (Å²) in [5.74, 6) is 1.93. The van der Waals surface area contributed by atoms with Crippen molar-refractivity contribution in [2.75, 3.05) is 14.2 Å². The quantitative estimate of drug-likeness (QED) is 0.186. The van der Waals surface area contributed by atoms with E-state index in [0.717, 1.165) is 33.4 Å². The van der Waals surface area contributed by atoms with Crippen LogP contribution in [-0.2, 0) is 0 Å². The summed E-state index contributed by atoms with van der Waals surface area (Å²) in [5, 5.41) is 4.79. The van der Waals surface area contributed by atoms with Crippen molar-refractivity contribution in [3.63, 3.8) is 0 Å². The molecule has 0 radical (unpaired) electrons. The van der Waals surface area contributed by atoms with E-state index in [1.54, 1.807) is 14.2 Å². The lowest BCUT2D eigenvalue weighted by Crippen LogP contribution is -2.02. The third kappa shape index (κ3) is 4.02. The van der Waals surface area contributed by atoms with Crippen molar-refractivity contribution in [1.82, 2.24) is 0 Å². The van der Waals surface area contributed by atoms with Crippen molar-refractivity contribution in [2.24, 2.45) is 0 Å². The van der Waals surface area contributed by atoms with Crippen LogP contribution in [0.25, 0.3) is 54.9 Å². The van der Waals surface area contributed by atoms with Crippen molar-refractivity contribution in [2.45, 2.75) is 11.8 Å². The minimum atomic E-state index is 0.134. The summed E-state index contributed by atoms with van der Waals surface area (Å²) >= 11 is 0. The van der Waals surface area contributed by atoms with Gasteiger partial charge in [-0.2, -0.15) is 0 Å². The van der Waals surface area contributed by atoms with Gasteiger partial charge < -0.3 is 9.47 Å². The first-order valence-corrected chi connectivity index (χ1v) is 17.3. The molecule has 50 heavy (non-hydrogen) atoms. The highest BCUT2D eigenvalue weighted by Crippen LogP contribution is 2.56. The fourth-order valence-electron chi connectivity index (χ4n) is 9.05. The fraction of sp³-hybridized carbons (Fsp3) is 0.0833. The van der Waals surface area contributed by atoms with Gasteiger partial charge in [-0.15, -0.1) is 0 Å². The highest BCUT2D eigenvalue weighted by atomic mass is 16.5. The van der Waals surface area contributed by atoms with E-state index in [4.69, 9.17) is 9.47 Å². The highest BCUT2D eigenvalue weighted by molar-refractivity contribution is 6.14. The van der Waals surface area contributed by atoms with E-state index in [0.29, 0.717) is 0 Å². The van der Waals surface area contributed by atoms with Crippen LogP contribution in [0.4, 0.5) is 0 Å². The Hall–Kier alpha value is -6.12. The zero-order valence-electron chi connectivity index (χ0n) is 28.0. The zero-order valence-corrected chi connectivity index (χ0v) is 28.0. The molecule has 2 heteroatoms. The summed E-state index contributed by atoms with van der Waals surface area (Å²) in [6.45, 7) is 0. The first-order valence-electron chi connectivity index (χ1n) is 17.3. The average Bonchev–Trinajstić information content (AvgIpc) is 3.71. The first kappa shape index (κ1) is 28.9. The van der Waals surface area contributed by atoms with Crippen LogP contribution < -0.4 is 9.47 Å². The van der Waals surface area contributed by atoms with Gasteiger partial charge in [-0.25, -0.2) is 0 Å². The SMILES string of the molecule is COc1ccc2c3c(ccc2c1-c1c(OC)ccc2c4c(ccc12)-c1ccccc1C4c1ccccc1)-c1ccccc1C3c1ccccc1. The Labute approximate surface area is 292 Å². The minimum absolute atomic E-state index is 0.134. The lowest BCUT2D eigenvalue weighted by Gasteiger charge is -2.22. The van der Waals surface area contributed by atoms with Crippen LogP contribution in [0.2, 0.25) is 0 Å². The fourth-order valence-corrected chi connectivity index (χ4v) is 9.05. The molecule has 0 aliphatic heterocycles. The normalized spacial score (nSPS) is 15.4. The van der Waals surface area contributed by atoms with Crippen molar-refractivity contribution >= 4 is 21.5 Å². The Bertz CT molecular complexity index is 2440. The molecular weight excluding hydrogens is 609 g/mol. The molecule has 0 spiro atoms. The van der Waals surface area contributed by atoms with E-state index in [2.05, 4.69) is 158 Å². The lowest BCUT2D eigenvalue weighted by molar-refractivity contribution is 0.411. The molecule has 0 aromatic heterocycles. The van der Waals surface area contributed by atoms with E-state index >= 15 is 0 Å². The molecule has 0 amide bonds. The Kier molecular flexibility index (Phi) is 6.47. The predicted octanol–water partition coefficient (Wildman–Crippen LogP) is 12.0. The summed E-state index contributed by atoms with van der Waals surface area (Å²) in [6, 6.07) is 57.6. The first-order chi connectivity index (χ1) is 24.8. The standard InChI is InChI=1S/C48H34O2/c1-49-41-27-25-37-39(23-21-35-31-17-9-11-19-33(31)43(45(35)37)29-13-5-3-6-14-29)47(41)48-40-24-22-36-32-18-10-12-20-34(32)44(30-15-7-4-8-16-30)46(36)38(40)26-28-42(48)50-2/h3-28,43-44H,1-2H3. The molecule has 0 heterocycles. The molecule has 0 saturated carbocycles. The predicted molar refractivity (Wildman–Crippen MR) is 206 cm³/mol. The third-order valence-electron chi connectivity index (χ3n) is 11.1. The second-order valence-corrected chi connectivity index (χ2v) is 13.4. The van der Waals surface area contributed by atoms with Crippen LogP contribution in [-0.4, -0.2) is 14.2 Å². The van der Waals surface area contributed by atoms with Crippen LogP contribution >= 0.6 is 0 Å². The van der Waals surface area contributed by atoms with Gasteiger partial charge in [0.25, 0.3) is 0 Å². The molecule has 0 N–H and O–H groups in total. The zero-order chi connectivity index (χ0) is 33.3. The highest BCUT2D eigenvalue weighted by Gasteiger charge is 2.34. The van der Waals surface area contributed by atoms with E-state index in [9.17, 15) is 0 Å². The van der Waals surface area contributed by atoms with Gasteiger partial charge in [0.15, 0.2) is 0 Å². The molecule has 2 aliphatic rings. The van der Waals surface area contributed by atoms with Gasteiger partial charge in [0.1, 0.15) is 11.5 Å². The average molecular weight is 643 g/mol. The van der Waals surface area contributed by atoms with Gasteiger partial charge in [-0.05, 0) is 89.3 Å². The molecule has 2 atom stereocenters. The van der Waals surface area contributed by atoms with Gasteiger partial charge in [0.05, 0.1) is 14.2 Å².